The molecule has 0 atom stereocenters. The summed E-state index contributed by atoms with van der Waals surface area (Å²) in [5.41, 5.74) is 2.44. The van der Waals surface area contributed by atoms with Crippen molar-refractivity contribution in [1.29, 1.82) is 0 Å². The Morgan fingerprint density at radius 1 is 1.03 bits per heavy atom. The molecule has 4 rings (SSSR count). The lowest BCUT2D eigenvalue weighted by Gasteiger charge is -2.16. The molecule has 3 aromatic rings. The number of tetrazole rings is 1. The zero-order chi connectivity index (χ0) is 20.4. The summed E-state index contributed by atoms with van der Waals surface area (Å²) in [6.07, 6.45) is 2.67. The van der Waals surface area contributed by atoms with Crippen molar-refractivity contribution in [3.8, 4) is 5.69 Å². The molecule has 1 N–H and O–H groups in total. The minimum Gasteiger partial charge on any atom is -0.378 e. The SMILES string of the molecule is CS(=O)(=O)c1ccc(-n2nnnc2CNc2ccc(N3CCCC3=O)cc2)cc1. The van der Waals surface area contributed by atoms with Gasteiger partial charge < -0.3 is 10.2 Å². The van der Waals surface area contributed by atoms with Gasteiger partial charge in [0.25, 0.3) is 0 Å². The van der Waals surface area contributed by atoms with Gasteiger partial charge in [0.05, 0.1) is 17.1 Å². The molecule has 29 heavy (non-hydrogen) atoms. The quantitative estimate of drug-likeness (QED) is 0.657. The van der Waals surface area contributed by atoms with Gasteiger partial charge in [-0.15, -0.1) is 5.10 Å². The number of nitrogens with zero attached hydrogens (tertiary/aromatic N) is 5. The van der Waals surface area contributed by atoms with E-state index in [9.17, 15) is 13.2 Å². The molecule has 1 fully saturated rings. The average molecular weight is 412 g/mol. The molecule has 0 spiro atoms. The number of nitrogens with one attached hydrogen (secondary N) is 1. The summed E-state index contributed by atoms with van der Waals surface area (Å²) in [6, 6.07) is 14.0. The first-order valence-electron chi connectivity index (χ1n) is 9.14. The molecule has 150 valence electrons. The summed E-state index contributed by atoms with van der Waals surface area (Å²) in [5, 5.41) is 15.0. The Balaban J connectivity index is 1.45. The fraction of sp³-hybridized carbons (Fsp3) is 0.263. The van der Waals surface area contributed by atoms with E-state index in [0.717, 1.165) is 24.3 Å². The number of carbonyl (C=O) groups excluding carboxylic acids is 1. The number of benzene rings is 2. The lowest BCUT2D eigenvalue weighted by molar-refractivity contribution is -0.117. The maximum atomic E-state index is 11.8. The highest BCUT2D eigenvalue weighted by atomic mass is 32.2. The number of aromatic nitrogens is 4. The molecule has 0 radical (unpaired) electrons. The molecular weight excluding hydrogens is 392 g/mol. The first-order valence-corrected chi connectivity index (χ1v) is 11.0. The van der Waals surface area contributed by atoms with Crippen LogP contribution in [0, 0.1) is 0 Å². The highest BCUT2D eigenvalue weighted by molar-refractivity contribution is 7.90. The van der Waals surface area contributed by atoms with Crippen LogP contribution < -0.4 is 10.2 Å². The lowest BCUT2D eigenvalue weighted by Crippen LogP contribution is -2.23. The number of hydrogen-bond acceptors (Lipinski definition) is 7. The maximum absolute atomic E-state index is 11.8. The number of sulfone groups is 1. The monoisotopic (exact) mass is 412 g/mol. The van der Waals surface area contributed by atoms with Gasteiger partial charge in [-0.2, -0.15) is 4.68 Å². The molecule has 1 amide bonds. The van der Waals surface area contributed by atoms with Crippen LogP contribution in [0.3, 0.4) is 0 Å². The van der Waals surface area contributed by atoms with Crippen LogP contribution in [0.25, 0.3) is 5.69 Å². The van der Waals surface area contributed by atoms with E-state index in [1.165, 1.54) is 18.4 Å². The third kappa shape index (κ3) is 4.11. The minimum absolute atomic E-state index is 0.159. The Morgan fingerprint density at radius 2 is 1.72 bits per heavy atom. The number of amides is 1. The van der Waals surface area contributed by atoms with Crippen molar-refractivity contribution in [1.82, 2.24) is 20.2 Å². The summed E-state index contributed by atoms with van der Waals surface area (Å²) >= 11 is 0. The normalized spacial score (nSPS) is 14.4. The smallest absolute Gasteiger partial charge is 0.227 e. The molecule has 9 nitrogen and oxygen atoms in total. The second-order valence-corrected chi connectivity index (χ2v) is 8.84. The van der Waals surface area contributed by atoms with Gasteiger partial charge in [-0.25, -0.2) is 8.42 Å². The number of rotatable bonds is 6. The van der Waals surface area contributed by atoms with Crippen LogP contribution in [-0.4, -0.2) is 47.3 Å². The van der Waals surface area contributed by atoms with E-state index < -0.39 is 9.84 Å². The highest BCUT2D eigenvalue weighted by Gasteiger charge is 2.21. The molecule has 0 aliphatic carbocycles. The molecule has 1 aromatic heterocycles. The number of anilines is 2. The second kappa shape index (κ2) is 7.63. The largest absolute Gasteiger partial charge is 0.378 e. The van der Waals surface area contributed by atoms with E-state index in [0.29, 0.717) is 24.5 Å². The van der Waals surface area contributed by atoms with Gasteiger partial charge in [0.15, 0.2) is 15.7 Å². The van der Waals surface area contributed by atoms with E-state index in [-0.39, 0.29) is 10.8 Å². The molecule has 0 unspecified atom stereocenters. The molecule has 10 heteroatoms. The Labute approximate surface area is 168 Å². The van der Waals surface area contributed by atoms with Crippen molar-refractivity contribution in [2.75, 3.05) is 23.0 Å². The van der Waals surface area contributed by atoms with Gasteiger partial charge in [0, 0.05) is 30.6 Å². The van der Waals surface area contributed by atoms with E-state index in [1.54, 1.807) is 21.7 Å². The second-order valence-electron chi connectivity index (χ2n) is 6.82. The van der Waals surface area contributed by atoms with Crippen LogP contribution in [0.2, 0.25) is 0 Å². The lowest BCUT2D eigenvalue weighted by atomic mass is 10.2. The van der Waals surface area contributed by atoms with Gasteiger partial charge in [-0.3, -0.25) is 4.79 Å². The standard InChI is InChI=1S/C19H20N6O3S/c1-29(27,28)17-10-8-16(9-11-17)25-18(21-22-23-25)13-20-14-4-6-15(7-5-14)24-12-2-3-19(24)26/h4-11,20H,2-3,12-13H2,1H3. The van der Waals surface area contributed by atoms with Crippen molar-refractivity contribution < 1.29 is 13.2 Å². The molecule has 2 heterocycles. The van der Waals surface area contributed by atoms with Crippen LogP contribution in [-0.2, 0) is 21.2 Å². The summed E-state index contributed by atoms with van der Waals surface area (Å²) in [5.74, 6) is 0.739. The summed E-state index contributed by atoms with van der Waals surface area (Å²) in [7, 11) is -3.26. The third-order valence-electron chi connectivity index (χ3n) is 4.75. The number of carbonyl (C=O) groups is 1. The van der Waals surface area contributed by atoms with Gasteiger partial charge in [-0.05, 0) is 65.4 Å². The summed E-state index contributed by atoms with van der Waals surface area (Å²) in [6.45, 7) is 1.14. The van der Waals surface area contributed by atoms with E-state index in [2.05, 4.69) is 20.8 Å². The Morgan fingerprint density at radius 3 is 2.34 bits per heavy atom. The fourth-order valence-electron chi connectivity index (χ4n) is 3.21. The molecular formula is C19H20N6O3S. The van der Waals surface area contributed by atoms with Gasteiger partial charge in [-0.1, -0.05) is 0 Å². The molecule has 0 bridgehead atoms. The van der Waals surface area contributed by atoms with E-state index in [4.69, 9.17) is 0 Å². The highest BCUT2D eigenvalue weighted by Crippen LogP contribution is 2.23. The molecule has 1 aliphatic rings. The summed E-state index contributed by atoms with van der Waals surface area (Å²) in [4.78, 5) is 13.9. The fourth-order valence-corrected chi connectivity index (χ4v) is 3.84. The molecule has 1 aliphatic heterocycles. The van der Waals surface area contributed by atoms with E-state index in [1.807, 2.05) is 24.3 Å². The van der Waals surface area contributed by atoms with Crippen molar-refractivity contribution >= 4 is 27.1 Å². The molecule has 2 aromatic carbocycles. The van der Waals surface area contributed by atoms with E-state index >= 15 is 0 Å². The Bertz CT molecular complexity index is 1120. The zero-order valence-electron chi connectivity index (χ0n) is 15.8. The van der Waals surface area contributed by atoms with Crippen molar-refractivity contribution in [3.05, 3.63) is 54.4 Å². The van der Waals surface area contributed by atoms with Crippen LogP contribution >= 0.6 is 0 Å². The molecule has 1 saturated heterocycles. The maximum Gasteiger partial charge on any atom is 0.227 e. The topological polar surface area (TPSA) is 110 Å². The van der Waals surface area contributed by atoms with Crippen molar-refractivity contribution in [3.63, 3.8) is 0 Å². The Kier molecular flexibility index (Phi) is 5.01. The predicted octanol–water partition coefficient (Wildman–Crippen LogP) is 1.80. The Hall–Kier alpha value is -3.27. The molecule has 0 saturated carbocycles. The minimum atomic E-state index is -3.26. The van der Waals surface area contributed by atoms with Crippen LogP contribution in [0.1, 0.15) is 18.7 Å². The van der Waals surface area contributed by atoms with Gasteiger partial charge in [0.2, 0.25) is 5.91 Å². The van der Waals surface area contributed by atoms with Crippen LogP contribution in [0.5, 0.6) is 0 Å². The van der Waals surface area contributed by atoms with Crippen LogP contribution in [0.4, 0.5) is 11.4 Å². The zero-order valence-corrected chi connectivity index (χ0v) is 16.6. The van der Waals surface area contributed by atoms with Crippen LogP contribution in [0.15, 0.2) is 53.4 Å². The van der Waals surface area contributed by atoms with Gasteiger partial charge >= 0.3 is 0 Å². The van der Waals surface area contributed by atoms with Crippen molar-refractivity contribution in [2.24, 2.45) is 0 Å². The first-order chi connectivity index (χ1) is 13.9. The average Bonchev–Trinajstić information content (AvgIpc) is 3.35. The third-order valence-corrected chi connectivity index (χ3v) is 5.88. The number of hydrogen-bond donors (Lipinski definition) is 1. The predicted molar refractivity (Wildman–Crippen MR) is 108 cm³/mol. The first kappa shape index (κ1) is 19.1. The summed E-state index contributed by atoms with van der Waals surface area (Å²) < 4.78 is 24.8. The van der Waals surface area contributed by atoms with Gasteiger partial charge in [0.1, 0.15) is 0 Å². The van der Waals surface area contributed by atoms with Crippen molar-refractivity contribution in [2.45, 2.75) is 24.3 Å².